The van der Waals surface area contributed by atoms with Crippen molar-refractivity contribution in [1.82, 2.24) is 14.8 Å². The van der Waals surface area contributed by atoms with Crippen molar-refractivity contribution in [2.75, 3.05) is 40.0 Å². The number of pyridine rings is 1. The van der Waals surface area contributed by atoms with Gasteiger partial charge in [-0.1, -0.05) is 6.92 Å². The Bertz CT molecular complexity index is 771. The van der Waals surface area contributed by atoms with Crippen molar-refractivity contribution in [2.24, 2.45) is 11.8 Å². The van der Waals surface area contributed by atoms with Gasteiger partial charge in [-0.25, -0.2) is 4.98 Å². The van der Waals surface area contributed by atoms with E-state index in [4.69, 9.17) is 9.47 Å². The van der Waals surface area contributed by atoms with Crippen LogP contribution in [0.25, 0.3) is 0 Å². The van der Waals surface area contributed by atoms with Crippen LogP contribution in [-0.2, 0) is 9.53 Å². The third-order valence-corrected chi connectivity index (χ3v) is 6.32. The smallest absolute Gasteiger partial charge is 0.259 e. The molecule has 0 unspecified atom stereocenters. The number of aliphatic hydroxyl groups excluding tert-OH is 1. The summed E-state index contributed by atoms with van der Waals surface area (Å²) in [7, 11) is 1.79. The third kappa shape index (κ3) is 5.12. The molecular formula is C21H30BrN3O5. The molecule has 3 atom stereocenters. The van der Waals surface area contributed by atoms with E-state index >= 15 is 0 Å². The predicted molar refractivity (Wildman–Crippen MR) is 114 cm³/mol. The zero-order valence-corrected chi connectivity index (χ0v) is 19.3. The standard InChI is InChI=1S/C21H30BrN3O5/c1-13-10-25(14(2)12-26)21(28)17-8-16(22)9-23-19(17)30-18(13)11-24(3)20(27)15-4-6-29-7-5-15/h8-9,13-15,18,26H,4-7,10-12H2,1-3H3/t13-,14-,18+/m1/s1. The summed E-state index contributed by atoms with van der Waals surface area (Å²) < 4.78 is 12.2. The zero-order chi connectivity index (χ0) is 21.8. The minimum atomic E-state index is -0.341. The SMILES string of the molecule is C[C@@H]1CN([C@H](C)CO)C(=O)c2cc(Br)cnc2O[C@H]1CN(C)C(=O)C1CCOCC1. The van der Waals surface area contributed by atoms with Gasteiger partial charge in [-0.3, -0.25) is 9.59 Å². The summed E-state index contributed by atoms with van der Waals surface area (Å²) in [5.74, 6) is 0.0313. The average Bonchev–Trinajstić information content (AvgIpc) is 2.76. The van der Waals surface area contributed by atoms with Crippen LogP contribution in [0.3, 0.4) is 0 Å². The molecule has 0 aromatic carbocycles. The Hall–Kier alpha value is -1.71. The lowest BCUT2D eigenvalue weighted by Gasteiger charge is -2.38. The molecule has 3 heterocycles. The van der Waals surface area contributed by atoms with E-state index in [0.717, 1.165) is 12.8 Å². The summed E-state index contributed by atoms with van der Waals surface area (Å²) >= 11 is 3.37. The Morgan fingerprint density at radius 2 is 2.13 bits per heavy atom. The molecule has 2 aliphatic heterocycles. The monoisotopic (exact) mass is 483 g/mol. The van der Waals surface area contributed by atoms with Gasteiger partial charge in [-0.15, -0.1) is 0 Å². The Morgan fingerprint density at radius 3 is 2.80 bits per heavy atom. The fourth-order valence-electron chi connectivity index (χ4n) is 3.91. The Labute approximate surface area is 185 Å². The fraction of sp³-hybridized carbons (Fsp3) is 0.667. The lowest BCUT2D eigenvalue weighted by molar-refractivity contribution is -0.138. The van der Waals surface area contributed by atoms with Gasteiger partial charge in [-0.05, 0) is 41.8 Å². The van der Waals surface area contributed by atoms with Gasteiger partial charge in [0.2, 0.25) is 11.8 Å². The molecule has 2 amide bonds. The van der Waals surface area contributed by atoms with Gasteiger partial charge in [-0.2, -0.15) is 0 Å². The highest BCUT2D eigenvalue weighted by molar-refractivity contribution is 9.10. The highest BCUT2D eigenvalue weighted by atomic mass is 79.9. The largest absolute Gasteiger partial charge is 0.472 e. The maximum atomic E-state index is 13.1. The van der Waals surface area contributed by atoms with Crippen LogP contribution < -0.4 is 4.74 Å². The van der Waals surface area contributed by atoms with Crippen molar-refractivity contribution in [3.8, 4) is 5.88 Å². The molecule has 30 heavy (non-hydrogen) atoms. The number of halogens is 1. The molecule has 166 valence electrons. The highest BCUT2D eigenvalue weighted by Gasteiger charge is 2.35. The molecule has 0 bridgehead atoms. The number of fused-ring (bicyclic) bond motifs is 1. The number of amides is 2. The normalized spacial score (nSPS) is 23.8. The summed E-state index contributed by atoms with van der Waals surface area (Å²) in [6.07, 6.45) is 2.72. The Morgan fingerprint density at radius 1 is 1.43 bits per heavy atom. The first kappa shape index (κ1) is 23.0. The van der Waals surface area contributed by atoms with Crippen LogP contribution in [0.4, 0.5) is 0 Å². The molecule has 1 saturated heterocycles. The molecule has 2 aliphatic rings. The van der Waals surface area contributed by atoms with Crippen molar-refractivity contribution in [1.29, 1.82) is 0 Å². The maximum Gasteiger partial charge on any atom is 0.259 e. The maximum absolute atomic E-state index is 13.1. The Balaban J connectivity index is 1.84. The van der Waals surface area contributed by atoms with E-state index < -0.39 is 0 Å². The molecule has 1 aromatic rings. The zero-order valence-electron chi connectivity index (χ0n) is 17.7. The first-order chi connectivity index (χ1) is 14.3. The summed E-state index contributed by atoms with van der Waals surface area (Å²) in [5.41, 5.74) is 0.347. The average molecular weight is 484 g/mol. The number of aliphatic hydroxyl groups is 1. The fourth-order valence-corrected chi connectivity index (χ4v) is 4.24. The molecule has 1 N–H and O–H groups in total. The lowest BCUT2D eigenvalue weighted by Crippen LogP contribution is -2.51. The van der Waals surface area contributed by atoms with Crippen LogP contribution >= 0.6 is 15.9 Å². The van der Waals surface area contributed by atoms with Gasteiger partial charge < -0.3 is 24.4 Å². The van der Waals surface area contributed by atoms with Crippen molar-refractivity contribution in [3.63, 3.8) is 0 Å². The number of carbonyl (C=O) groups is 2. The van der Waals surface area contributed by atoms with Crippen molar-refractivity contribution >= 4 is 27.7 Å². The molecule has 9 heteroatoms. The van der Waals surface area contributed by atoms with E-state index in [1.54, 1.807) is 29.1 Å². The van der Waals surface area contributed by atoms with Gasteiger partial charge in [0, 0.05) is 49.3 Å². The molecule has 0 radical (unpaired) electrons. The van der Waals surface area contributed by atoms with Gasteiger partial charge >= 0.3 is 0 Å². The summed E-state index contributed by atoms with van der Waals surface area (Å²) in [6, 6.07) is 1.35. The van der Waals surface area contributed by atoms with E-state index in [-0.39, 0.29) is 48.3 Å². The predicted octanol–water partition coefficient (Wildman–Crippen LogP) is 1.95. The molecule has 8 nitrogen and oxygen atoms in total. The Kier molecular flexibility index (Phi) is 7.70. The molecule has 0 spiro atoms. The number of carbonyl (C=O) groups excluding carboxylic acids is 2. The van der Waals surface area contributed by atoms with E-state index in [0.29, 0.717) is 36.3 Å². The van der Waals surface area contributed by atoms with Gasteiger partial charge in [0.15, 0.2) is 0 Å². The van der Waals surface area contributed by atoms with E-state index in [2.05, 4.69) is 20.9 Å². The highest BCUT2D eigenvalue weighted by Crippen LogP contribution is 2.29. The molecule has 1 fully saturated rings. The number of nitrogens with zero attached hydrogens (tertiary/aromatic N) is 3. The first-order valence-electron chi connectivity index (χ1n) is 10.4. The molecule has 0 saturated carbocycles. The summed E-state index contributed by atoms with van der Waals surface area (Å²) in [4.78, 5) is 33.7. The number of hydrogen-bond acceptors (Lipinski definition) is 6. The van der Waals surface area contributed by atoms with Gasteiger partial charge in [0.05, 0.1) is 19.2 Å². The van der Waals surface area contributed by atoms with Crippen LogP contribution in [-0.4, -0.2) is 83.8 Å². The lowest BCUT2D eigenvalue weighted by atomic mass is 9.97. The van der Waals surface area contributed by atoms with Crippen LogP contribution in [0.1, 0.15) is 37.0 Å². The second-order valence-electron chi connectivity index (χ2n) is 8.23. The van der Waals surface area contributed by atoms with E-state index in [1.165, 1.54) is 0 Å². The van der Waals surface area contributed by atoms with E-state index in [9.17, 15) is 14.7 Å². The second kappa shape index (κ2) is 10.1. The minimum Gasteiger partial charge on any atom is -0.472 e. The van der Waals surface area contributed by atoms with Crippen LogP contribution in [0, 0.1) is 11.8 Å². The van der Waals surface area contributed by atoms with Crippen LogP contribution in [0.5, 0.6) is 5.88 Å². The number of hydrogen-bond donors (Lipinski definition) is 1. The molecular weight excluding hydrogens is 454 g/mol. The minimum absolute atomic E-state index is 0.0264. The number of likely N-dealkylation sites (N-methyl/N-ethyl adjacent to an activating group) is 1. The topological polar surface area (TPSA) is 92.2 Å². The van der Waals surface area contributed by atoms with E-state index in [1.807, 2.05) is 13.8 Å². The van der Waals surface area contributed by atoms with Crippen molar-refractivity contribution < 1.29 is 24.2 Å². The summed E-state index contributed by atoms with van der Waals surface area (Å²) in [6.45, 7) is 5.70. The number of rotatable bonds is 5. The van der Waals surface area contributed by atoms with Gasteiger partial charge in [0.1, 0.15) is 11.7 Å². The molecule has 1 aromatic heterocycles. The first-order valence-corrected chi connectivity index (χ1v) is 11.2. The second-order valence-corrected chi connectivity index (χ2v) is 9.15. The van der Waals surface area contributed by atoms with Crippen LogP contribution in [0.15, 0.2) is 16.7 Å². The van der Waals surface area contributed by atoms with Crippen molar-refractivity contribution in [2.45, 2.75) is 38.8 Å². The van der Waals surface area contributed by atoms with Crippen molar-refractivity contribution in [3.05, 3.63) is 22.3 Å². The molecule has 3 rings (SSSR count). The summed E-state index contributed by atoms with van der Waals surface area (Å²) in [5, 5.41) is 9.67. The molecule has 0 aliphatic carbocycles. The number of ether oxygens (including phenoxy) is 2. The third-order valence-electron chi connectivity index (χ3n) is 5.89. The quantitative estimate of drug-likeness (QED) is 0.687. The number of aromatic nitrogens is 1. The van der Waals surface area contributed by atoms with Gasteiger partial charge in [0.25, 0.3) is 5.91 Å². The van der Waals surface area contributed by atoms with Crippen LogP contribution in [0.2, 0.25) is 0 Å².